The molecule has 0 amide bonds. The van der Waals surface area contributed by atoms with Gasteiger partial charge in [-0.15, -0.1) is 0 Å². The average Bonchev–Trinajstić information content (AvgIpc) is 3.78. The van der Waals surface area contributed by atoms with E-state index in [0.29, 0.717) is 0 Å². The molecule has 3 aromatic heterocycles. The van der Waals surface area contributed by atoms with Crippen LogP contribution in [0, 0.1) is 0 Å². The molecule has 3 nitrogen and oxygen atoms in total. The number of allylic oxidation sites excluding steroid dienone is 4. The van der Waals surface area contributed by atoms with Crippen LogP contribution in [0.5, 0.6) is 0 Å². The van der Waals surface area contributed by atoms with Gasteiger partial charge in [0.1, 0.15) is 5.82 Å². The number of aromatic nitrogens is 3. The molecule has 0 spiro atoms. The molecule has 0 N–H and O–H groups in total. The van der Waals surface area contributed by atoms with E-state index >= 15 is 0 Å². The lowest BCUT2D eigenvalue weighted by atomic mass is 10.0. The predicted octanol–water partition coefficient (Wildman–Crippen LogP) is 14.0. The molecule has 0 aliphatic carbocycles. The number of hydrogen-bond acceptors (Lipinski definition) is 1. The fraction of sp³-hybridized carbons (Fsp3) is 0. The van der Waals surface area contributed by atoms with Crippen LogP contribution in [0.4, 0.5) is 0 Å². The van der Waals surface area contributed by atoms with E-state index in [4.69, 9.17) is 4.98 Å². The van der Waals surface area contributed by atoms with Crippen molar-refractivity contribution in [3.05, 3.63) is 219 Å². The summed E-state index contributed by atoms with van der Waals surface area (Å²) in [5.74, 6) is 0.850. The lowest BCUT2D eigenvalue weighted by molar-refractivity contribution is 1.07. The second kappa shape index (κ2) is 13.7. The molecule has 0 atom stereocenters. The van der Waals surface area contributed by atoms with Crippen LogP contribution in [0.3, 0.4) is 0 Å². The Kier molecular flexibility index (Phi) is 8.12. The molecule has 264 valence electrons. The van der Waals surface area contributed by atoms with E-state index in [2.05, 4.69) is 198 Å². The molecule has 56 heavy (non-hydrogen) atoms. The molecule has 0 saturated carbocycles. The molecule has 0 radical (unpaired) electrons. The molecule has 0 fully saturated rings. The quantitative estimate of drug-likeness (QED) is 0.144. The Bertz CT molecular complexity index is 3140. The van der Waals surface area contributed by atoms with Crippen LogP contribution in [0.25, 0.3) is 94.1 Å². The van der Waals surface area contributed by atoms with Gasteiger partial charge in [-0.2, -0.15) is 0 Å². The molecule has 7 aromatic carbocycles. The highest BCUT2D eigenvalue weighted by atomic mass is 15.1. The maximum absolute atomic E-state index is 5.26. The number of para-hydroxylation sites is 2. The van der Waals surface area contributed by atoms with Gasteiger partial charge < -0.3 is 4.57 Å². The molecule has 0 aliphatic rings. The van der Waals surface area contributed by atoms with Crippen molar-refractivity contribution in [3.63, 3.8) is 0 Å². The Morgan fingerprint density at radius 3 is 1.48 bits per heavy atom. The van der Waals surface area contributed by atoms with E-state index in [1.807, 2.05) is 18.2 Å². The average molecular weight is 716 g/mol. The second-order valence-electron chi connectivity index (χ2n) is 14.1. The van der Waals surface area contributed by atoms with Crippen LogP contribution in [-0.2, 0) is 0 Å². The zero-order chi connectivity index (χ0) is 37.6. The molecule has 10 aromatic rings. The molecule has 0 aliphatic heterocycles. The summed E-state index contributed by atoms with van der Waals surface area (Å²) in [6.45, 7) is 8.03. The maximum Gasteiger partial charge on any atom is 0.138 e. The third kappa shape index (κ3) is 5.57. The van der Waals surface area contributed by atoms with Crippen molar-refractivity contribution in [2.75, 3.05) is 0 Å². The number of pyridine rings is 1. The zero-order valence-electron chi connectivity index (χ0n) is 30.8. The first-order valence-electron chi connectivity index (χ1n) is 18.9. The second-order valence-corrected chi connectivity index (χ2v) is 14.1. The largest absolute Gasteiger partial charge is 0.309 e. The van der Waals surface area contributed by atoms with Crippen LogP contribution < -0.4 is 0 Å². The van der Waals surface area contributed by atoms with Crippen molar-refractivity contribution < 1.29 is 0 Å². The summed E-state index contributed by atoms with van der Waals surface area (Å²) in [6, 6.07) is 65.3. The summed E-state index contributed by atoms with van der Waals surface area (Å²) in [4.78, 5) is 5.26. The van der Waals surface area contributed by atoms with Crippen molar-refractivity contribution in [2.24, 2.45) is 0 Å². The van der Waals surface area contributed by atoms with E-state index in [0.717, 1.165) is 44.9 Å². The molecule has 3 heterocycles. The lowest BCUT2D eigenvalue weighted by Gasteiger charge is -2.13. The SMILES string of the molecule is C=C/C=C(\C=C)c1cc(-c2ccccc2)cc(-n2c3ccccc3c3cc(-c4ccc5c(c4)c4ccccc4n5-c4ccc(-c5ccccc5)cc4)ccc32)n1. The van der Waals surface area contributed by atoms with Gasteiger partial charge in [0, 0.05) is 27.2 Å². The van der Waals surface area contributed by atoms with E-state index in [-0.39, 0.29) is 0 Å². The molecular formula is C53H37N3. The first-order chi connectivity index (χ1) is 27.7. The van der Waals surface area contributed by atoms with Crippen molar-refractivity contribution in [2.45, 2.75) is 0 Å². The molecule has 0 bridgehead atoms. The summed E-state index contributed by atoms with van der Waals surface area (Å²) in [6.07, 6.45) is 5.59. The first-order valence-corrected chi connectivity index (χ1v) is 18.9. The highest BCUT2D eigenvalue weighted by Crippen LogP contribution is 2.39. The standard InChI is InChI=1S/C53H37N3/c1-3-15-36(4-2)48-34-42(38-18-9-6-10-19-38)35-53(54-48)56-50-23-14-12-21-45(50)47-33-41(27-31-52(47)56)40-26-30-51-46(32-40)44-20-11-13-22-49(44)55(51)43-28-24-39(25-29-43)37-16-7-5-8-17-37/h3-35H,1-2H2/b36-15+. The van der Waals surface area contributed by atoms with Crippen molar-refractivity contribution in [3.8, 4) is 44.9 Å². The lowest BCUT2D eigenvalue weighted by Crippen LogP contribution is -2.01. The van der Waals surface area contributed by atoms with Gasteiger partial charge in [0.05, 0.1) is 27.8 Å². The minimum absolute atomic E-state index is 0.846. The van der Waals surface area contributed by atoms with Gasteiger partial charge in [0.25, 0.3) is 0 Å². The molecular weight excluding hydrogens is 679 g/mol. The number of rotatable bonds is 8. The van der Waals surface area contributed by atoms with E-state index < -0.39 is 0 Å². The summed E-state index contributed by atoms with van der Waals surface area (Å²) in [5, 5.41) is 4.82. The van der Waals surface area contributed by atoms with Crippen LogP contribution in [0.15, 0.2) is 213 Å². The van der Waals surface area contributed by atoms with Crippen molar-refractivity contribution >= 4 is 49.2 Å². The summed E-state index contributed by atoms with van der Waals surface area (Å²) < 4.78 is 4.67. The molecule has 3 heteroatoms. The normalized spacial score (nSPS) is 11.8. The number of benzene rings is 7. The molecule has 0 saturated heterocycles. The number of hydrogen-bond donors (Lipinski definition) is 0. The van der Waals surface area contributed by atoms with Gasteiger partial charge in [-0.25, -0.2) is 4.98 Å². The first kappa shape index (κ1) is 33.1. The van der Waals surface area contributed by atoms with Gasteiger partial charge in [-0.3, -0.25) is 4.57 Å². The van der Waals surface area contributed by atoms with Gasteiger partial charge in [-0.1, -0.05) is 153 Å². The zero-order valence-corrected chi connectivity index (χ0v) is 30.8. The fourth-order valence-electron chi connectivity index (χ4n) is 8.22. The third-order valence-electron chi connectivity index (χ3n) is 10.9. The monoisotopic (exact) mass is 715 g/mol. The molecule has 0 unspecified atom stereocenters. The van der Waals surface area contributed by atoms with Gasteiger partial charge in [-0.05, 0) is 99.6 Å². The summed E-state index contributed by atoms with van der Waals surface area (Å²) in [5.41, 5.74) is 14.5. The minimum Gasteiger partial charge on any atom is -0.309 e. The smallest absolute Gasteiger partial charge is 0.138 e. The Hall–Kier alpha value is -7.49. The fourth-order valence-corrected chi connectivity index (χ4v) is 8.22. The van der Waals surface area contributed by atoms with Gasteiger partial charge in [0.2, 0.25) is 0 Å². The maximum atomic E-state index is 5.26. The summed E-state index contributed by atoms with van der Waals surface area (Å²) >= 11 is 0. The Morgan fingerprint density at radius 1 is 0.411 bits per heavy atom. The Morgan fingerprint density at radius 2 is 0.893 bits per heavy atom. The Labute approximate surface area is 326 Å². The summed E-state index contributed by atoms with van der Waals surface area (Å²) in [7, 11) is 0. The van der Waals surface area contributed by atoms with Crippen molar-refractivity contribution in [1.82, 2.24) is 14.1 Å². The number of fused-ring (bicyclic) bond motifs is 6. The van der Waals surface area contributed by atoms with E-state index in [1.165, 1.54) is 54.8 Å². The predicted molar refractivity (Wildman–Crippen MR) is 238 cm³/mol. The highest BCUT2D eigenvalue weighted by Gasteiger charge is 2.18. The minimum atomic E-state index is 0.846. The van der Waals surface area contributed by atoms with Crippen LogP contribution >= 0.6 is 0 Å². The molecule has 10 rings (SSSR count). The Balaban J connectivity index is 1.12. The van der Waals surface area contributed by atoms with Crippen LogP contribution in [0.2, 0.25) is 0 Å². The van der Waals surface area contributed by atoms with Gasteiger partial charge >= 0.3 is 0 Å². The van der Waals surface area contributed by atoms with E-state index in [9.17, 15) is 0 Å². The van der Waals surface area contributed by atoms with E-state index in [1.54, 1.807) is 6.08 Å². The topological polar surface area (TPSA) is 22.8 Å². The van der Waals surface area contributed by atoms with Crippen LogP contribution in [0.1, 0.15) is 5.69 Å². The third-order valence-corrected chi connectivity index (χ3v) is 10.9. The number of nitrogens with zero attached hydrogens (tertiary/aromatic N) is 3. The highest BCUT2D eigenvalue weighted by molar-refractivity contribution is 6.12. The van der Waals surface area contributed by atoms with Crippen LogP contribution in [-0.4, -0.2) is 14.1 Å². The van der Waals surface area contributed by atoms with Gasteiger partial charge in [0.15, 0.2) is 0 Å². The van der Waals surface area contributed by atoms with Crippen molar-refractivity contribution in [1.29, 1.82) is 0 Å².